The summed E-state index contributed by atoms with van der Waals surface area (Å²) in [6.07, 6.45) is 1.43. The van der Waals surface area contributed by atoms with E-state index < -0.39 is 0 Å². The molecule has 78 valence electrons. The van der Waals surface area contributed by atoms with Crippen molar-refractivity contribution >= 4 is 43.5 Å². The van der Waals surface area contributed by atoms with E-state index in [9.17, 15) is 0 Å². The fraction of sp³-hybridized carbons (Fsp3) is 0.100. The minimum Gasteiger partial charge on any atom is -0.443 e. The quantitative estimate of drug-likeness (QED) is 0.736. The van der Waals surface area contributed by atoms with Crippen molar-refractivity contribution in [3.63, 3.8) is 0 Å². The average Bonchev–Trinajstić information content (AvgIpc) is 2.69. The highest BCUT2D eigenvalue weighted by atomic mass is 79.9. The molecule has 0 aliphatic heterocycles. The molecule has 5 heteroatoms. The molecule has 0 radical (unpaired) electrons. The maximum absolute atomic E-state index is 5.93. The number of nitrogens with zero attached hydrogens (tertiary/aromatic N) is 1. The molecule has 0 atom stereocenters. The van der Waals surface area contributed by atoms with Crippen LogP contribution in [0.2, 0.25) is 5.02 Å². The number of hydrogen-bond donors (Lipinski definition) is 0. The van der Waals surface area contributed by atoms with E-state index in [2.05, 4.69) is 36.8 Å². The lowest BCUT2D eigenvalue weighted by molar-refractivity contribution is 0.571. The summed E-state index contributed by atoms with van der Waals surface area (Å²) in [6.45, 7) is 0. The molecular weight excluding hydrogens is 345 g/mol. The Morgan fingerprint density at radius 1 is 1.40 bits per heavy atom. The van der Waals surface area contributed by atoms with Crippen molar-refractivity contribution in [2.24, 2.45) is 0 Å². The highest BCUT2D eigenvalue weighted by molar-refractivity contribution is 9.10. The van der Waals surface area contributed by atoms with E-state index in [-0.39, 0.29) is 0 Å². The molecule has 0 amide bonds. The van der Waals surface area contributed by atoms with Crippen molar-refractivity contribution in [3.8, 4) is 11.3 Å². The van der Waals surface area contributed by atoms with Gasteiger partial charge in [0, 0.05) is 20.4 Å². The summed E-state index contributed by atoms with van der Waals surface area (Å²) in [6, 6.07) is 5.55. The Morgan fingerprint density at radius 3 is 2.93 bits per heavy atom. The van der Waals surface area contributed by atoms with Crippen molar-refractivity contribution in [2.75, 3.05) is 0 Å². The molecular formula is C10H6Br2ClNO. The third-order valence-corrected chi connectivity index (χ3v) is 3.40. The Hall–Kier alpha value is -0.320. The van der Waals surface area contributed by atoms with Gasteiger partial charge in [0.05, 0.1) is 5.69 Å². The number of halogens is 3. The number of oxazole rings is 1. The van der Waals surface area contributed by atoms with Crippen LogP contribution >= 0.6 is 43.5 Å². The zero-order valence-electron chi connectivity index (χ0n) is 7.51. The van der Waals surface area contributed by atoms with Gasteiger partial charge in [-0.2, -0.15) is 0 Å². The van der Waals surface area contributed by atoms with Gasteiger partial charge in [-0.15, -0.1) is 0 Å². The SMILES string of the molecule is Clc1ccc(Br)c(-c2ocnc2CBr)c1. The number of hydrogen-bond acceptors (Lipinski definition) is 2. The molecule has 15 heavy (non-hydrogen) atoms. The first-order chi connectivity index (χ1) is 7.22. The van der Waals surface area contributed by atoms with Crippen LogP contribution in [0.4, 0.5) is 0 Å². The Balaban J connectivity index is 2.58. The van der Waals surface area contributed by atoms with Crippen molar-refractivity contribution in [1.29, 1.82) is 0 Å². The van der Waals surface area contributed by atoms with Gasteiger partial charge >= 0.3 is 0 Å². The summed E-state index contributed by atoms with van der Waals surface area (Å²) < 4.78 is 6.28. The van der Waals surface area contributed by atoms with Crippen LogP contribution in [0.15, 0.2) is 33.5 Å². The summed E-state index contributed by atoms with van der Waals surface area (Å²) in [7, 11) is 0. The Morgan fingerprint density at radius 2 is 2.20 bits per heavy atom. The zero-order chi connectivity index (χ0) is 10.8. The molecule has 0 saturated heterocycles. The predicted molar refractivity (Wildman–Crippen MR) is 67.3 cm³/mol. The minimum absolute atomic E-state index is 0.651. The molecule has 2 nitrogen and oxygen atoms in total. The van der Waals surface area contributed by atoms with Gasteiger partial charge in [0.15, 0.2) is 12.2 Å². The molecule has 0 unspecified atom stereocenters. The lowest BCUT2D eigenvalue weighted by atomic mass is 10.1. The maximum atomic E-state index is 5.93. The minimum atomic E-state index is 0.651. The van der Waals surface area contributed by atoms with Gasteiger partial charge in [-0.3, -0.25) is 0 Å². The van der Waals surface area contributed by atoms with Crippen molar-refractivity contribution < 1.29 is 4.42 Å². The monoisotopic (exact) mass is 349 g/mol. The second-order valence-electron chi connectivity index (χ2n) is 2.89. The van der Waals surface area contributed by atoms with E-state index in [4.69, 9.17) is 16.0 Å². The lowest BCUT2D eigenvalue weighted by Gasteiger charge is -2.02. The summed E-state index contributed by atoms with van der Waals surface area (Å²) in [4.78, 5) is 4.10. The van der Waals surface area contributed by atoms with E-state index >= 15 is 0 Å². The van der Waals surface area contributed by atoms with E-state index in [1.807, 2.05) is 18.2 Å². The van der Waals surface area contributed by atoms with E-state index in [0.717, 1.165) is 21.5 Å². The molecule has 0 fully saturated rings. The smallest absolute Gasteiger partial charge is 0.181 e. The van der Waals surface area contributed by atoms with Crippen molar-refractivity contribution in [1.82, 2.24) is 4.98 Å². The van der Waals surface area contributed by atoms with Crippen LogP contribution in [0.3, 0.4) is 0 Å². The molecule has 1 aromatic heterocycles. The maximum Gasteiger partial charge on any atom is 0.181 e. The summed E-state index contributed by atoms with van der Waals surface area (Å²) in [5.41, 5.74) is 1.77. The number of aromatic nitrogens is 1. The first-order valence-electron chi connectivity index (χ1n) is 4.16. The van der Waals surface area contributed by atoms with Crippen LogP contribution in [-0.2, 0) is 5.33 Å². The Kier molecular flexibility index (Phi) is 3.49. The Bertz CT molecular complexity index is 484. The second-order valence-corrected chi connectivity index (χ2v) is 4.74. The van der Waals surface area contributed by atoms with Gasteiger partial charge < -0.3 is 4.42 Å². The normalized spacial score (nSPS) is 10.6. The van der Waals surface area contributed by atoms with Crippen LogP contribution in [-0.4, -0.2) is 4.98 Å². The molecule has 0 aliphatic carbocycles. The number of rotatable bonds is 2. The third kappa shape index (κ3) is 2.27. The van der Waals surface area contributed by atoms with Gasteiger partial charge in [-0.25, -0.2) is 4.98 Å². The van der Waals surface area contributed by atoms with Crippen LogP contribution in [0.25, 0.3) is 11.3 Å². The molecule has 0 N–H and O–H groups in total. The van der Waals surface area contributed by atoms with Gasteiger partial charge in [0.1, 0.15) is 0 Å². The number of benzene rings is 1. The van der Waals surface area contributed by atoms with E-state index in [1.165, 1.54) is 6.39 Å². The topological polar surface area (TPSA) is 26.0 Å². The Labute approximate surface area is 109 Å². The van der Waals surface area contributed by atoms with Crippen LogP contribution < -0.4 is 0 Å². The largest absolute Gasteiger partial charge is 0.443 e. The average molecular weight is 351 g/mol. The first kappa shape index (κ1) is 11.2. The molecule has 2 aromatic rings. The van der Waals surface area contributed by atoms with E-state index in [1.54, 1.807) is 0 Å². The van der Waals surface area contributed by atoms with Gasteiger partial charge in [0.25, 0.3) is 0 Å². The summed E-state index contributed by atoms with van der Waals surface area (Å²) >= 11 is 12.7. The fourth-order valence-electron chi connectivity index (χ4n) is 1.25. The molecule has 1 heterocycles. The molecule has 0 aliphatic rings. The van der Waals surface area contributed by atoms with Gasteiger partial charge in [-0.1, -0.05) is 43.5 Å². The molecule has 0 bridgehead atoms. The first-order valence-corrected chi connectivity index (χ1v) is 6.45. The number of alkyl halides is 1. The molecule has 0 saturated carbocycles. The molecule has 1 aromatic carbocycles. The van der Waals surface area contributed by atoms with Crippen molar-refractivity contribution in [3.05, 3.63) is 39.8 Å². The fourth-order valence-corrected chi connectivity index (χ4v) is 2.25. The highest BCUT2D eigenvalue weighted by Crippen LogP contribution is 2.33. The second kappa shape index (κ2) is 4.68. The van der Waals surface area contributed by atoms with E-state index in [0.29, 0.717) is 10.4 Å². The zero-order valence-corrected chi connectivity index (χ0v) is 11.4. The summed E-state index contributed by atoms with van der Waals surface area (Å²) in [5, 5.41) is 1.32. The third-order valence-electron chi connectivity index (χ3n) is 1.94. The predicted octanol–water partition coefficient (Wildman–Crippen LogP) is 4.65. The summed E-state index contributed by atoms with van der Waals surface area (Å²) in [5.74, 6) is 0.737. The van der Waals surface area contributed by atoms with Crippen LogP contribution in [0, 0.1) is 0 Å². The lowest BCUT2D eigenvalue weighted by Crippen LogP contribution is -1.84. The van der Waals surface area contributed by atoms with Gasteiger partial charge in [0.2, 0.25) is 0 Å². The van der Waals surface area contributed by atoms with Crippen LogP contribution in [0.1, 0.15) is 5.69 Å². The van der Waals surface area contributed by atoms with Crippen molar-refractivity contribution in [2.45, 2.75) is 5.33 Å². The van der Waals surface area contributed by atoms with Gasteiger partial charge in [-0.05, 0) is 18.2 Å². The highest BCUT2D eigenvalue weighted by Gasteiger charge is 2.12. The molecule has 0 spiro atoms. The standard InChI is InChI=1S/C10H6Br2ClNO/c11-4-9-10(15-5-14-9)7-3-6(13)1-2-8(7)12/h1-3,5H,4H2. The van der Waals surface area contributed by atoms with Crippen LogP contribution in [0.5, 0.6) is 0 Å². The molecule has 2 rings (SSSR count).